The van der Waals surface area contributed by atoms with E-state index in [1.165, 1.54) is 5.69 Å². The van der Waals surface area contributed by atoms with E-state index in [0.717, 1.165) is 27.6 Å². The van der Waals surface area contributed by atoms with Crippen molar-refractivity contribution in [2.45, 2.75) is 13.3 Å². The Bertz CT molecular complexity index is 585. The van der Waals surface area contributed by atoms with Gasteiger partial charge in [-0.15, -0.1) is 11.3 Å². The van der Waals surface area contributed by atoms with Crippen molar-refractivity contribution in [3.8, 4) is 10.6 Å². The Labute approximate surface area is 123 Å². The Morgan fingerprint density at radius 3 is 2.37 bits per heavy atom. The zero-order valence-corrected chi connectivity index (χ0v) is 12.9. The van der Waals surface area contributed by atoms with E-state index in [2.05, 4.69) is 41.1 Å². The third-order valence-corrected chi connectivity index (χ3v) is 4.40. The lowest BCUT2D eigenvalue weighted by molar-refractivity contribution is 1.06. The monoisotopic (exact) mass is 291 g/mol. The van der Waals surface area contributed by atoms with Crippen molar-refractivity contribution in [3.05, 3.63) is 34.8 Å². The molecule has 1 heterocycles. The molecule has 2 N–H and O–H groups in total. The SMILES string of the molecule is CCc1nc(-c2ccc(N(C)C)cc2)sc1C(N)=S. The second kappa shape index (κ2) is 5.67. The highest BCUT2D eigenvalue weighted by Gasteiger charge is 2.13. The second-order valence-electron chi connectivity index (χ2n) is 4.45. The maximum absolute atomic E-state index is 5.74. The summed E-state index contributed by atoms with van der Waals surface area (Å²) in [7, 11) is 4.05. The third-order valence-electron chi connectivity index (χ3n) is 2.89. The van der Waals surface area contributed by atoms with Gasteiger partial charge in [0.2, 0.25) is 0 Å². The molecule has 2 rings (SSSR count). The zero-order chi connectivity index (χ0) is 14.0. The van der Waals surface area contributed by atoms with Crippen LogP contribution in [0.4, 0.5) is 5.69 Å². The molecule has 1 aromatic heterocycles. The Morgan fingerprint density at radius 1 is 1.32 bits per heavy atom. The normalized spacial score (nSPS) is 10.5. The van der Waals surface area contributed by atoms with Gasteiger partial charge in [-0.1, -0.05) is 19.1 Å². The van der Waals surface area contributed by atoms with Crippen molar-refractivity contribution in [1.29, 1.82) is 0 Å². The molecule has 0 atom stereocenters. The van der Waals surface area contributed by atoms with Crippen molar-refractivity contribution < 1.29 is 0 Å². The lowest BCUT2D eigenvalue weighted by Crippen LogP contribution is -2.09. The fourth-order valence-corrected chi connectivity index (χ4v) is 3.06. The van der Waals surface area contributed by atoms with Gasteiger partial charge in [-0.3, -0.25) is 0 Å². The lowest BCUT2D eigenvalue weighted by atomic mass is 10.2. The smallest absolute Gasteiger partial charge is 0.124 e. The van der Waals surface area contributed by atoms with Gasteiger partial charge in [-0.2, -0.15) is 0 Å². The van der Waals surface area contributed by atoms with E-state index in [4.69, 9.17) is 18.0 Å². The first-order valence-electron chi connectivity index (χ1n) is 6.10. The van der Waals surface area contributed by atoms with Crippen LogP contribution in [0.25, 0.3) is 10.6 Å². The van der Waals surface area contributed by atoms with Crippen LogP contribution in [-0.4, -0.2) is 24.1 Å². The van der Waals surface area contributed by atoms with Crippen LogP contribution in [0.5, 0.6) is 0 Å². The van der Waals surface area contributed by atoms with E-state index in [0.29, 0.717) is 4.99 Å². The molecule has 5 heteroatoms. The molecule has 2 aromatic rings. The predicted octanol–water partition coefficient (Wildman–Crippen LogP) is 3.07. The average molecular weight is 291 g/mol. The maximum Gasteiger partial charge on any atom is 0.124 e. The van der Waals surface area contributed by atoms with Crippen molar-refractivity contribution in [1.82, 2.24) is 4.98 Å². The van der Waals surface area contributed by atoms with Gasteiger partial charge in [0.25, 0.3) is 0 Å². The highest BCUT2D eigenvalue weighted by atomic mass is 32.1. The van der Waals surface area contributed by atoms with Crippen molar-refractivity contribution in [2.75, 3.05) is 19.0 Å². The molecule has 3 nitrogen and oxygen atoms in total. The summed E-state index contributed by atoms with van der Waals surface area (Å²) in [6, 6.07) is 8.33. The number of thiocarbonyl (C=S) groups is 1. The fraction of sp³-hybridized carbons (Fsp3) is 0.286. The number of nitrogens with two attached hydrogens (primary N) is 1. The summed E-state index contributed by atoms with van der Waals surface area (Å²) in [4.78, 5) is 8.08. The highest BCUT2D eigenvalue weighted by molar-refractivity contribution is 7.81. The molecule has 100 valence electrons. The fourth-order valence-electron chi connectivity index (χ4n) is 1.81. The molecule has 0 aliphatic rings. The second-order valence-corrected chi connectivity index (χ2v) is 5.89. The number of rotatable bonds is 4. The van der Waals surface area contributed by atoms with Gasteiger partial charge in [0.05, 0.1) is 10.6 Å². The van der Waals surface area contributed by atoms with Crippen LogP contribution >= 0.6 is 23.6 Å². The summed E-state index contributed by atoms with van der Waals surface area (Å²) in [5, 5.41) is 0.977. The number of hydrogen-bond acceptors (Lipinski definition) is 4. The Morgan fingerprint density at radius 2 is 1.95 bits per heavy atom. The topological polar surface area (TPSA) is 42.2 Å². The molecule has 19 heavy (non-hydrogen) atoms. The number of anilines is 1. The first-order chi connectivity index (χ1) is 9.02. The average Bonchev–Trinajstić information content (AvgIpc) is 2.83. The molecular formula is C14H17N3S2. The Hall–Kier alpha value is -1.46. The van der Waals surface area contributed by atoms with E-state index in [-0.39, 0.29) is 0 Å². The summed E-state index contributed by atoms with van der Waals surface area (Å²) in [6.07, 6.45) is 0.846. The molecule has 0 unspecified atom stereocenters. The highest BCUT2D eigenvalue weighted by Crippen LogP contribution is 2.29. The third kappa shape index (κ3) is 2.93. The van der Waals surface area contributed by atoms with Crippen molar-refractivity contribution in [3.63, 3.8) is 0 Å². The van der Waals surface area contributed by atoms with E-state index in [9.17, 15) is 0 Å². The Balaban J connectivity index is 2.39. The maximum atomic E-state index is 5.74. The van der Waals surface area contributed by atoms with E-state index >= 15 is 0 Å². The number of nitrogens with zero attached hydrogens (tertiary/aromatic N) is 2. The molecule has 1 aromatic carbocycles. The number of benzene rings is 1. The van der Waals surface area contributed by atoms with Crippen LogP contribution in [0, 0.1) is 0 Å². The minimum atomic E-state index is 0.436. The first kappa shape index (κ1) is 14.0. The minimum absolute atomic E-state index is 0.436. The number of aromatic nitrogens is 1. The molecule has 0 bridgehead atoms. The van der Waals surface area contributed by atoms with Gasteiger partial charge < -0.3 is 10.6 Å². The summed E-state index contributed by atoms with van der Waals surface area (Å²) in [5.74, 6) is 0. The van der Waals surface area contributed by atoms with Crippen LogP contribution in [0.2, 0.25) is 0 Å². The quantitative estimate of drug-likeness (QED) is 0.879. The van der Waals surface area contributed by atoms with Crippen molar-refractivity contribution >= 4 is 34.2 Å². The van der Waals surface area contributed by atoms with E-state index in [1.807, 2.05) is 14.1 Å². The molecule has 0 fully saturated rings. The van der Waals surface area contributed by atoms with Crippen LogP contribution in [0.1, 0.15) is 17.5 Å². The summed E-state index contributed by atoms with van der Waals surface area (Å²) in [5.41, 5.74) is 9.01. The molecule has 0 aliphatic heterocycles. The molecule has 0 aliphatic carbocycles. The van der Waals surface area contributed by atoms with Gasteiger partial charge in [-0.05, 0) is 30.7 Å². The number of hydrogen-bond donors (Lipinski definition) is 1. The molecule has 0 radical (unpaired) electrons. The van der Waals surface area contributed by atoms with E-state index in [1.54, 1.807) is 11.3 Å². The molecule has 0 saturated carbocycles. The van der Waals surface area contributed by atoms with E-state index < -0.39 is 0 Å². The summed E-state index contributed by atoms with van der Waals surface area (Å²) >= 11 is 6.64. The van der Waals surface area contributed by atoms with Crippen LogP contribution in [-0.2, 0) is 6.42 Å². The lowest BCUT2D eigenvalue weighted by Gasteiger charge is -2.11. The van der Waals surface area contributed by atoms with Crippen LogP contribution in [0.3, 0.4) is 0 Å². The Kier molecular flexibility index (Phi) is 4.17. The van der Waals surface area contributed by atoms with Crippen LogP contribution < -0.4 is 10.6 Å². The van der Waals surface area contributed by atoms with Gasteiger partial charge in [-0.25, -0.2) is 4.98 Å². The van der Waals surface area contributed by atoms with Gasteiger partial charge in [0.15, 0.2) is 0 Å². The zero-order valence-electron chi connectivity index (χ0n) is 11.3. The number of thiazole rings is 1. The first-order valence-corrected chi connectivity index (χ1v) is 7.32. The van der Waals surface area contributed by atoms with Gasteiger partial charge in [0, 0.05) is 25.3 Å². The molecule has 0 saturated heterocycles. The van der Waals surface area contributed by atoms with Gasteiger partial charge in [0.1, 0.15) is 10.00 Å². The summed E-state index contributed by atoms with van der Waals surface area (Å²) < 4.78 is 0. The van der Waals surface area contributed by atoms with Crippen LogP contribution in [0.15, 0.2) is 24.3 Å². The number of aryl methyl sites for hydroxylation is 1. The molecular weight excluding hydrogens is 274 g/mol. The molecule has 0 spiro atoms. The molecule has 0 amide bonds. The van der Waals surface area contributed by atoms with Gasteiger partial charge >= 0.3 is 0 Å². The summed E-state index contributed by atoms with van der Waals surface area (Å²) in [6.45, 7) is 2.07. The standard InChI is InChI=1S/C14H17N3S2/c1-4-11-12(13(15)18)19-14(16-11)9-5-7-10(8-6-9)17(2)3/h5-8H,4H2,1-3H3,(H2,15,18). The minimum Gasteiger partial charge on any atom is -0.389 e. The predicted molar refractivity (Wildman–Crippen MR) is 87.1 cm³/mol. The van der Waals surface area contributed by atoms with Crippen molar-refractivity contribution in [2.24, 2.45) is 5.73 Å². The largest absolute Gasteiger partial charge is 0.389 e.